The highest BCUT2D eigenvalue weighted by molar-refractivity contribution is 8.01. The van der Waals surface area contributed by atoms with Crippen molar-refractivity contribution >= 4 is 32.6 Å². The first-order valence-corrected chi connectivity index (χ1v) is 10.3. The van der Waals surface area contributed by atoms with Gasteiger partial charge in [0.05, 0.1) is 10.3 Å². The summed E-state index contributed by atoms with van der Waals surface area (Å²) >= 11 is 1.68. The molecule has 1 atom stereocenters. The molecule has 0 bridgehead atoms. The van der Waals surface area contributed by atoms with Crippen LogP contribution >= 0.6 is 11.8 Å². The molecule has 4 rings (SSSR count). The molecule has 24 heavy (non-hydrogen) atoms. The van der Waals surface area contributed by atoms with E-state index in [1.807, 2.05) is 66.7 Å². The molecule has 1 saturated heterocycles. The minimum absolute atomic E-state index is 0.157. The Hall–Kier alpha value is -1.82. The monoisotopic (exact) mass is 355 g/mol. The molecule has 0 saturated carbocycles. The van der Waals surface area contributed by atoms with Gasteiger partial charge in [0.1, 0.15) is 0 Å². The van der Waals surface area contributed by atoms with Gasteiger partial charge < -0.3 is 0 Å². The quantitative estimate of drug-likeness (QED) is 0.704. The third-order valence-corrected chi connectivity index (χ3v) is 7.59. The second kappa shape index (κ2) is 6.24. The predicted octanol–water partition coefficient (Wildman–Crippen LogP) is 4.28. The maximum atomic E-state index is 13.3. The fourth-order valence-corrected chi connectivity index (χ4v) is 6.59. The molecule has 0 aliphatic carbocycles. The van der Waals surface area contributed by atoms with Crippen LogP contribution < -0.4 is 0 Å². The third kappa shape index (κ3) is 2.62. The Morgan fingerprint density at radius 2 is 1.58 bits per heavy atom. The molecule has 0 aromatic heterocycles. The van der Waals surface area contributed by atoms with E-state index in [1.165, 1.54) is 0 Å². The fraction of sp³-hybridized carbons (Fsp3) is 0.158. The minimum atomic E-state index is -3.55. The predicted molar refractivity (Wildman–Crippen MR) is 99.5 cm³/mol. The van der Waals surface area contributed by atoms with Gasteiger partial charge in [-0.2, -0.15) is 4.31 Å². The Morgan fingerprint density at radius 1 is 0.875 bits per heavy atom. The van der Waals surface area contributed by atoms with E-state index in [4.69, 9.17) is 0 Å². The zero-order chi connectivity index (χ0) is 16.6. The summed E-state index contributed by atoms with van der Waals surface area (Å²) < 4.78 is 28.3. The smallest absolute Gasteiger partial charge is 0.207 e. The molecular weight excluding hydrogens is 338 g/mol. The number of nitrogens with zero attached hydrogens (tertiary/aromatic N) is 1. The number of rotatable bonds is 3. The zero-order valence-corrected chi connectivity index (χ0v) is 14.6. The highest BCUT2D eigenvalue weighted by Gasteiger charge is 2.37. The lowest BCUT2D eigenvalue weighted by molar-refractivity contribution is 0.435. The van der Waals surface area contributed by atoms with Crippen LogP contribution in [0.15, 0.2) is 77.7 Å². The Bertz CT molecular complexity index is 966. The highest BCUT2D eigenvalue weighted by atomic mass is 32.2. The van der Waals surface area contributed by atoms with Crippen LogP contribution in [0.2, 0.25) is 0 Å². The lowest BCUT2D eigenvalue weighted by Crippen LogP contribution is -2.30. The van der Waals surface area contributed by atoms with Crippen molar-refractivity contribution in [1.29, 1.82) is 0 Å². The van der Waals surface area contributed by atoms with Crippen molar-refractivity contribution in [3.8, 4) is 0 Å². The Balaban J connectivity index is 1.82. The molecule has 0 radical (unpaired) electrons. The van der Waals surface area contributed by atoms with Gasteiger partial charge in [-0.05, 0) is 17.0 Å². The zero-order valence-electron chi connectivity index (χ0n) is 13.0. The van der Waals surface area contributed by atoms with Gasteiger partial charge in [-0.15, -0.1) is 11.8 Å². The van der Waals surface area contributed by atoms with Crippen LogP contribution in [-0.2, 0) is 10.0 Å². The van der Waals surface area contributed by atoms with Gasteiger partial charge in [0.25, 0.3) is 0 Å². The van der Waals surface area contributed by atoms with E-state index in [9.17, 15) is 8.42 Å². The minimum Gasteiger partial charge on any atom is -0.207 e. The van der Waals surface area contributed by atoms with Crippen LogP contribution in [0, 0.1) is 0 Å². The molecule has 122 valence electrons. The summed E-state index contributed by atoms with van der Waals surface area (Å²) in [6.07, 6.45) is 0. The van der Waals surface area contributed by atoms with E-state index in [0.29, 0.717) is 11.4 Å². The molecule has 3 aromatic rings. The van der Waals surface area contributed by atoms with Crippen molar-refractivity contribution in [1.82, 2.24) is 4.31 Å². The molecular formula is C19H17NO2S2. The van der Waals surface area contributed by atoms with Crippen molar-refractivity contribution in [2.75, 3.05) is 12.3 Å². The fourth-order valence-electron chi connectivity index (χ4n) is 3.13. The van der Waals surface area contributed by atoms with Crippen molar-refractivity contribution in [2.45, 2.75) is 10.3 Å². The van der Waals surface area contributed by atoms with E-state index in [0.717, 1.165) is 22.1 Å². The van der Waals surface area contributed by atoms with E-state index >= 15 is 0 Å². The van der Waals surface area contributed by atoms with Crippen LogP contribution in [0.25, 0.3) is 10.8 Å². The van der Waals surface area contributed by atoms with Crippen LogP contribution in [0.5, 0.6) is 0 Å². The highest BCUT2D eigenvalue weighted by Crippen LogP contribution is 2.42. The van der Waals surface area contributed by atoms with Crippen molar-refractivity contribution in [2.24, 2.45) is 0 Å². The summed E-state index contributed by atoms with van der Waals surface area (Å²) in [6, 6.07) is 23.0. The maximum absolute atomic E-state index is 13.3. The third-order valence-electron chi connectivity index (χ3n) is 4.27. The van der Waals surface area contributed by atoms with E-state index in [1.54, 1.807) is 22.1 Å². The first-order chi connectivity index (χ1) is 11.7. The molecule has 3 nitrogen and oxygen atoms in total. The van der Waals surface area contributed by atoms with Gasteiger partial charge in [-0.25, -0.2) is 8.42 Å². The molecule has 1 fully saturated rings. The van der Waals surface area contributed by atoms with Crippen molar-refractivity contribution < 1.29 is 8.42 Å². The van der Waals surface area contributed by atoms with Crippen LogP contribution in [0.3, 0.4) is 0 Å². The molecule has 1 heterocycles. The molecule has 0 N–H and O–H groups in total. The number of fused-ring (bicyclic) bond motifs is 1. The number of hydrogen-bond acceptors (Lipinski definition) is 3. The lowest BCUT2D eigenvalue weighted by Gasteiger charge is -2.24. The number of sulfonamides is 1. The second-order valence-corrected chi connectivity index (χ2v) is 8.77. The van der Waals surface area contributed by atoms with E-state index < -0.39 is 10.0 Å². The van der Waals surface area contributed by atoms with Crippen LogP contribution in [-0.4, -0.2) is 25.0 Å². The summed E-state index contributed by atoms with van der Waals surface area (Å²) in [4.78, 5) is 0.393. The molecule has 3 aromatic carbocycles. The average molecular weight is 355 g/mol. The topological polar surface area (TPSA) is 37.4 Å². The summed E-state index contributed by atoms with van der Waals surface area (Å²) in [7, 11) is -3.55. The van der Waals surface area contributed by atoms with E-state index in [2.05, 4.69) is 0 Å². The summed E-state index contributed by atoms with van der Waals surface area (Å²) in [6.45, 7) is 0.537. The van der Waals surface area contributed by atoms with Crippen molar-refractivity contribution in [3.63, 3.8) is 0 Å². The van der Waals surface area contributed by atoms with Crippen LogP contribution in [0.1, 0.15) is 10.9 Å². The number of thioether (sulfide) groups is 1. The average Bonchev–Trinajstić information content (AvgIpc) is 3.12. The first kappa shape index (κ1) is 15.7. The maximum Gasteiger partial charge on any atom is 0.245 e. The van der Waals surface area contributed by atoms with Gasteiger partial charge in [0.15, 0.2) is 0 Å². The van der Waals surface area contributed by atoms with Gasteiger partial charge in [-0.3, -0.25) is 0 Å². The normalized spacial score (nSPS) is 18.9. The Morgan fingerprint density at radius 3 is 2.42 bits per heavy atom. The molecule has 1 aliphatic heterocycles. The largest absolute Gasteiger partial charge is 0.245 e. The lowest BCUT2D eigenvalue weighted by atomic mass is 10.1. The molecule has 0 amide bonds. The first-order valence-electron chi connectivity index (χ1n) is 7.84. The number of benzene rings is 3. The SMILES string of the molecule is O=S(=O)(c1cccc2ccccc12)N1CCS[C@H]1c1ccccc1. The van der Waals surface area contributed by atoms with Gasteiger partial charge >= 0.3 is 0 Å². The van der Waals surface area contributed by atoms with Gasteiger partial charge in [0.2, 0.25) is 10.0 Å². The summed E-state index contributed by atoms with van der Waals surface area (Å²) in [5, 5.41) is 1.57. The van der Waals surface area contributed by atoms with Gasteiger partial charge in [0, 0.05) is 17.7 Å². The molecule has 1 aliphatic rings. The Kier molecular flexibility index (Phi) is 4.08. The summed E-state index contributed by atoms with van der Waals surface area (Å²) in [5.74, 6) is 0.809. The molecule has 0 spiro atoms. The van der Waals surface area contributed by atoms with E-state index in [-0.39, 0.29) is 5.37 Å². The second-order valence-electron chi connectivity index (χ2n) is 5.73. The summed E-state index contributed by atoms with van der Waals surface area (Å²) in [5.41, 5.74) is 1.03. The van der Waals surface area contributed by atoms with Crippen LogP contribution in [0.4, 0.5) is 0 Å². The molecule has 0 unspecified atom stereocenters. The van der Waals surface area contributed by atoms with Gasteiger partial charge in [-0.1, -0.05) is 66.7 Å². The standard InChI is InChI=1S/C19H17NO2S2/c21-24(22,18-12-6-10-15-7-4-5-11-17(15)18)20-13-14-23-19(20)16-8-2-1-3-9-16/h1-12,19H,13-14H2/t19-/m0/s1. The Labute approximate surface area is 146 Å². The molecule has 5 heteroatoms. The van der Waals surface area contributed by atoms with Crippen molar-refractivity contribution in [3.05, 3.63) is 78.4 Å². The number of hydrogen-bond donors (Lipinski definition) is 0.